The molecule has 22 heavy (non-hydrogen) atoms. The van der Waals surface area contributed by atoms with Gasteiger partial charge in [-0.25, -0.2) is 0 Å². The Hall–Kier alpha value is -1.13. The van der Waals surface area contributed by atoms with E-state index in [2.05, 4.69) is 57.0 Å². The van der Waals surface area contributed by atoms with Crippen LogP contribution in [0, 0.1) is 5.41 Å². The molecule has 2 aliphatic rings. The zero-order valence-corrected chi connectivity index (χ0v) is 14.5. The summed E-state index contributed by atoms with van der Waals surface area (Å²) < 4.78 is 6.87. The fourth-order valence-electron chi connectivity index (χ4n) is 4.11. The number of ether oxygens (including phenoxy) is 1. The predicted octanol–water partition coefficient (Wildman–Crippen LogP) is 4.39. The second-order valence-electron chi connectivity index (χ2n) is 6.65. The highest BCUT2D eigenvalue weighted by Crippen LogP contribution is 2.50. The molecule has 4 heteroatoms. The second kappa shape index (κ2) is 5.50. The van der Waals surface area contributed by atoms with Gasteiger partial charge in [-0.1, -0.05) is 15.9 Å². The minimum atomic E-state index is 0.488. The number of pyridine rings is 1. The molecule has 1 spiro atoms. The molecule has 0 radical (unpaired) electrons. The van der Waals surface area contributed by atoms with Crippen LogP contribution in [0.1, 0.15) is 26.2 Å². The smallest absolute Gasteiger partial charge is 0.0723 e. The maximum Gasteiger partial charge on any atom is 0.0723 e. The minimum absolute atomic E-state index is 0.488. The molecule has 0 bridgehead atoms. The molecule has 1 aliphatic heterocycles. The van der Waals surface area contributed by atoms with Crippen LogP contribution in [0.5, 0.6) is 0 Å². The highest BCUT2D eigenvalue weighted by molar-refractivity contribution is 9.10. The molecule has 0 amide bonds. The lowest BCUT2D eigenvalue weighted by atomic mass is 9.66. The van der Waals surface area contributed by atoms with Gasteiger partial charge in [0.05, 0.1) is 11.6 Å². The summed E-state index contributed by atoms with van der Waals surface area (Å²) in [6, 6.07) is 8.49. The normalized spacial score (nSPS) is 27.5. The van der Waals surface area contributed by atoms with Crippen LogP contribution in [-0.4, -0.2) is 30.8 Å². The zero-order chi connectivity index (χ0) is 15.2. The topological polar surface area (TPSA) is 25.4 Å². The number of fused-ring (bicyclic) bond motifs is 1. The lowest BCUT2D eigenvalue weighted by Crippen LogP contribution is -2.44. The fraction of sp³-hybridized carbons (Fsp3) is 0.500. The largest absolute Gasteiger partial charge is 0.378 e. The van der Waals surface area contributed by atoms with Gasteiger partial charge in [-0.05, 0) is 55.9 Å². The summed E-state index contributed by atoms with van der Waals surface area (Å²) >= 11 is 3.58. The van der Waals surface area contributed by atoms with Gasteiger partial charge in [0.15, 0.2) is 0 Å². The van der Waals surface area contributed by atoms with Crippen molar-refractivity contribution in [1.82, 2.24) is 4.98 Å². The van der Waals surface area contributed by atoms with Crippen LogP contribution in [0.2, 0.25) is 0 Å². The van der Waals surface area contributed by atoms with Gasteiger partial charge in [0.1, 0.15) is 0 Å². The van der Waals surface area contributed by atoms with Gasteiger partial charge < -0.3 is 9.64 Å². The van der Waals surface area contributed by atoms with Crippen molar-refractivity contribution in [2.24, 2.45) is 5.41 Å². The van der Waals surface area contributed by atoms with E-state index in [-0.39, 0.29) is 0 Å². The summed E-state index contributed by atoms with van der Waals surface area (Å²) in [5.74, 6) is 0. The van der Waals surface area contributed by atoms with Crippen molar-refractivity contribution in [2.75, 3.05) is 24.6 Å². The van der Waals surface area contributed by atoms with E-state index < -0.39 is 0 Å². The molecule has 4 rings (SSSR count). The molecule has 0 N–H and O–H groups in total. The van der Waals surface area contributed by atoms with Crippen LogP contribution in [0.15, 0.2) is 34.9 Å². The molecule has 116 valence electrons. The molecule has 1 aromatic heterocycles. The lowest BCUT2D eigenvalue weighted by Gasteiger charge is -2.44. The van der Waals surface area contributed by atoms with E-state index in [0.29, 0.717) is 11.5 Å². The number of anilines is 1. The number of halogens is 1. The first-order chi connectivity index (χ1) is 10.7. The summed E-state index contributed by atoms with van der Waals surface area (Å²) in [4.78, 5) is 7.03. The minimum Gasteiger partial charge on any atom is -0.378 e. The molecular weight excluding hydrogens is 340 g/mol. The molecule has 0 unspecified atom stereocenters. The molecular formula is C18H21BrN2O. The van der Waals surface area contributed by atoms with Crippen molar-refractivity contribution in [2.45, 2.75) is 32.3 Å². The molecule has 1 saturated heterocycles. The summed E-state index contributed by atoms with van der Waals surface area (Å²) in [6.45, 7) is 5.23. The molecule has 1 aliphatic carbocycles. The Morgan fingerprint density at radius 1 is 1.36 bits per heavy atom. The standard InChI is InChI=1S/C18H21BrN2O/c1-2-22-14-10-18(11-14)6-8-21(12-18)17-5-7-20-16-4-3-13(19)9-15(16)17/h3-5,7,9,14H,2,6,8,10-12H2,1H3. The average Bonchev–Trinajstić information content (AvgIpc) is 2.91. The fourth-order valence-corrected chi connectivity index (χ4v) is 4.47. The predicted molar refractivity (Wildman–Crippen MR) is 93.4 cm³/mol. The number of aromatic nitrogens is 1. The molecule has 2 fully saturated rings. The Bertz CT molecular complexity index is 697. The van der Waals surface area contributed by atoms with Crippen molar-refractivity contribution in [3.63, 3.8) is 0 Å². The highest BCUT2D eigenvalue weighted by atomic mass is 79.9. The van der Waals surface area contributed by atoms with Crippen molar-refractivity contribution in [3.8, 4) is 0 Å². The summed E-state index contributed by atoms with van der Waals surface area (Å²) in [5, 5.41) is 1.25. The van der Waals surface area contributed by atoms with E-state index >= 15 is 0 Å². The summed E-state index contributed by atoms with van der Waals surface area (Å²) in [5.41, 5.74) is 2.88. The van der Waals surface area contributed by atoms with Crippen LogP contribution in [0.3, 0.4) is 0 Å². The molecule has 0 atom stereocenters. The van der Waals surface area contributed by atoms with E-state index in [9.17, 15) is 0 Å². The van der Waals surface area contributed by atoms with Gasteiger partial charge in [0.25, 0.3) is 0 Å². The van der Waals surface area contributed by atoms with Crippen molar-refractivity contribution >= 4 is 32.5 Å². The first kappa shape index (κ1) is 14.5. The maximum atomic E-state index is 5.76. The van der Waals surface area contributed by atoms with Gasteiger partial charge in [-0.15, -0.1) is 0 Å². The number of nitrogens with zero attached hydrogens (tertiary/aromatic N) is 2. The lowest BCUT2D eigenvalue weighted by molar-refractivity contribution is -0.0669. The van der Waals surface area contributed by atoms with Crippen molar-refractivity contribution < 1.29 is 4.74 Å². The SMILES string of the molecule is CCOC1CC2(CCN(c3ccnc4ccc(Br)cc34)C2)C1. The van der Waals surface area contributed by atoms with Crippen molar-refractivity contribution in [1.29, 1.82) is 0 Å². The Morgan fingerprint density at radius 2 is 2.23 bits per heavy atom. The van der Waals surface area contributed by atoms with Gasteiger partial charge in [-0.2, -0.15) is 0 Å². The maximum absolute atomic E-state index is 5.76. The van der Waals surface area contributed by atoms with E-state index in [1.54, 1.807) is 0 Å². The molecule has 2 aromatic rings. The Labute approximate surface area is 139 Å². The number of benzene rings is 1. The van der Waals surface area contributed by atoms with Gasteiger partial charge >= 0.3 is 0 Å². The van der Waals surface area contributed by atoms with Crippen LogP contribution in [-0.2, 0) is 4.74 Å². The Morgan fingerprint density at radius 3 is 3.05 bits per heavy atom. The van der Waals surface area contributed by atoms with E-state index in [0.717, 1.165) is 29.7 Å². The van der Waals surface area contributed by atoms with E-state index in [4.69, 9.17) is 4.74 Å². The number of hydrogen-bond acceptors (Lipinski definition) is 3. The van der Waals surface area contributed by atoms with Crippen LogP contribution in [0.4, 0.5) is 5.69 Å². The third kappa shape index (κ3) is 2.42. The third-order valence-electron chi connectivity index (χ3n) is 5.18. The molecule has 2 heterocycles. The monoisotopic (exact) mass is 360 g/mol. The van der Waals surface area contributed by atoms with Crippen LogP contribution in [0.25, 0.3) is 10.9 Å². The van der Waals surface area contributed by atoms with E-state index in [1.165, 1.54) is 30.3 Å². The Kier molecular flexibility index (Phi) is 3.61. The van der Waals surface area contributed by atoms with Crippen LogP contribution >= 0.6 is 15.9 Å². The second-order valence-corrected chi connectivity index (χ2v) is 7.56. The molecule has 1 aromatic carbocycles. The molecule has 3 nitrogen and oxygen atoms in total. The number of hydrogen-bond donors (Lipinski definition) is 0. The number of rotatable bonds is 3. The van der Waals surface area contributed by atoms with Gasteiger partial charge in [-0.3, -0.25) is 4.98 Å². The zero-order valence-electron chi connectivity index (χ0n) is 12.9. The summed E-state index contributed by atoms with van der Waals surface area (Å²) in [6.07, 6.45) is 6.16. The van der Waals surface area contributed by atoms with Gasteiger partial charge in [0, 0.05) is 41.4 Å². The highest BCUT2D eigenvalue weighted by Gasteiger charge is 2.49. The van der Waals surface area contributed by atoms with Gasteiger partial charge in [0.2, 0.25) is 0 Å². The molecule has 1 saturated carbocycles. The average molecular weight is 361 g/mol. The van der Waals surface area contributed by atoms with Crippen molar-refractivity contribution in [3.05, 3.63) is 34.9 Å². The summed E-state index contributed by atoms with van der Waals surface area (Å²) in [7, 11) is 0. The van der Waals surface area contributed by atoms with E-state index in [1.807, 2.05) is 6.20 Å². The quantitative estimate of drug-likeness (QED) is 0.811. The third-order valence-corrected chi connectivity index (χ3v) is 5.68. The van der Waals surface area contributed by atoms with Crippen LogP contribution < -0.4 is 4.90 Å². The first-order valence-corrected chi connectivity index (χ1v) is 8.89. The first-order valence-electron chi connectivity index (χ1n) is 8.10. The Balaban J connectivity index is 1.58.